The van der Waals surface area contributed by atoms with E-state index in [2.05, 4.69) is 9.97 Å². The Labute approximate surface area is 92.2 Å². The second kappa shape index (κ2) is 4.80. The van der Waals surface area contributed by atoms with Crippen LogP contribution >= 0.6 is 0 Å². The molecule has 0 unspecified atom stereocenters. The standard InChI is InChI=1S/C7H7F3N4O3/c8-7(9,10)6(15)11-2-1-4-5(14(16)17)13-3-12-4/h3H,1-2H2,(H,11,15)(H,12,13). The fraction of sp³-hybridized carbons (Fsp3) is 0.429. The minimum atomic E-state index is -4.96. The number of carbonyl (C=O) groups excluding carboxylic acids is 1. The van der Waals surface area contributed by atoms with Crippen molar-refractivity contribution in [2.75, 3.05) is 6.54 Å². The zero-order valence-corrected chi connectivity index (χ0v) is 8.24. The van der Waals surface area contributed by atoms with Crippen LogP contribution in [0, 0.1) is 10.1 Å². The summed E-state index contributed by atoms with van der Waals surface area (Å²) < 4.78 is 35.3. The predicted octanol–water partition coefficient (Wildman–Crippen LogP) is 0.539. The van der Waals surface area contributed by atoms with Gasteiger partial charge in [-0.25, -0.2) is 9.97 Å². The molecule has 0 spiro atoms. The number of alkyl halides is 3. The van der Waals surface area contributed by atoms with Crippen LogP contribution in [0.5, 0.6) is 0 Å². The van der Waals surface area contributed by atoms with E-state index >= 15 is 0 Å². The number of rotatable bonds is 4. The minimum Gasteiger partial charge on any atom is -0.358 e. The lowest BCUT2D eigenvalue weighted by molar-refractivity contribution is -0.390. The van der Waals surface area contributed by atoms with Gasteiger partial charge in [-0.3, -0.25) is 4.79 Å². The van der Waals surface area contributed by atoms with Crippen molar-refractivity contribution in [1.82, 2.24) is 15.3 Å². The van der Waals surface area contributed by atoms with Gasteiger partial charge in [0.25, 0.3) is 0 Å². The summed E-state index contributed by atoms with van der Waals surface area (Å²) >= 11 is 0. The molecule has 0 aliphatic rings. The second-order valence-electron chi connectivity index (χ2n) is 2.96. The fourth-order valence-electron chi connectivity index (χ4n) is 1.05. The van der Waals surface area contributed by atoms with Gasteiger partial charge in [0.05, 0.1) is 0 Å². The number of amides is 1. The van der Waals surface area contributed by atoms with Crippen molar-refractivity contribution in [2.45, 2.75) is 12.6 Å². The summed E-state index contributed by atoms with van der Waals surface area (Å²) in [6.07, 6.45) is -4.07. The van der Waals surface area contributed by atoms with E-state index in [-0.39, 0.29) is 18.7 Å². The number of nitrogens with one attached hydrogen (secondary N) is 2. The average Bonchev–Trinajstić information content (AvgIpc) is 2.64. The lowest BCUT2D eigenvalue weighted by Gasteiger charge is -2.06. The van der Waals surface area contributed by atoms with E-state index in [4.69, 9.17) is 0 Å². The second-order valence-corrected chi connectivity index (χ2v) is 2.96. The largest absolute Gasteiger partial charge is 0.471 e. The summed E-state index contributed by atoms with van der Waals surface area (Å²) in [4.78, 5) is 25.9. The number of H-pyrrole nitrogens is 1. The molecule has 0 aliphatic heterocycles. The van der Waals surface area contributed by atoms with Gasteiger partial charge in [0.2, 0.25) is 0 Å². The number of nitrogens with zero attached hydrogens (tertiary/aromatic N) is 2. The Hall–Kier alpha value is -2.13. The molecule has 1 heterocycles. The van der Waals surface area contributed by atoms with Gasteiger partial charge in [0, 0.05) is 13.0 Å². The van der Waals surface area contributed by atoms with E-state index in [1.54, 1.807) is 5.32 Å². The van der Waals surface area contributed by atoms with Gasteiger partial charge in [-0.05, 0) is 4.92 Å². The van der Waals surface area contributed by atoms with Gasteiger partial charge in [0.1, 0.15) is 5.69 Å². The molecule has 94 valence electrons. The molecule has 1 amide bonds. The first-order chi connectivity index (χ1) is 7.82. The van der Waals surface area contributed by atoms with E-state index in [0.29, 0.717) is 0 Å². The maximum absolute atomic E-state index is 11.8. The molecule has 0 bridgehead atoms. The highest BCUT2D eigenvalue weighted by Crippen LogP contribution is 2.15. The highest BCUT2D eigenvalue weighted by Gasteiger charge is 2.38. The van der Waals surface area contributed by atoms with Crippen molar-refractivity contribution in [2.24, 2.45) is 0 Å². The smallest absolute Gasteiger partial charge is 0.358 e. The first-order valence-electron chi connectivity index (χ1n) is 4.34. The van der Waals surface area contributed by atoms with Gasteiger partial charge >= 0.3 is 17.9 Å². The number of aromatic nitrogens is 2. The summed E-state index contributed by atoms with van der Waals surface area (Å²) in [6.45, 7) is -0.385. The van der Waals surface area contributed by atoms with Gasteiger partial charge in [-0.1, -0.05) is 0 Å². The van der Waals surface area contributed by atoms with Crippen LogP contribution < -0.4 is 5.32 Å². The number of carbonyl (C=O) groups is 1. The van der Waals surface area contributed by atoms with Crippen molar-refractivity contribution >= 4 is 11.7 Å². The van der Waals surface area contributed by atoms with E-state index < -0.39 is 22.8 Å². The van der Waals surface area contributed by atoms with Crippen LogP contribution in [-0.2, 0) is 11.2 Å². The maximum Gasteiger partial charge on any atom is 0.471 e. The van der Waals surface area contributed by atoms with Crippen LogP contribution in [0.2, 0.25) is 0 Å². The SMILES string of the molecule is O=C(NCCc1nc[nH]c1[N+](=O)[O-])C(F)(F)F. The summed E-state index contributed by atoms with van der Waals surface area (Å²) in [5.74, 6) is -2.48. The van der Waals surface area contributed by atoms with Crippen molar-refractivity contribution < 1.29 is 22.9 Å². The van der Waals surface area contributed by atoms with Gasteiger partial charge in [-0.2, -0.15) is 13.2 Å². The highest BCUT2D eigenvalue weighted by atomic mass is 19.4. The van der Waals surface area contributed by atoms with E-state index in [1.807, 2.05) is 0 Å². The van der Waals surface area contributed by atoms with Gasteiger partial charge in [-0.15, -0.1) is 0 Å². The van der Waals surface area contributed by atoms with E-state index in [0.717, 1.165) is 6.33 Å². The Morgan fingerprint density at radius 2 is 2.24 bits per heavy atom. The average molecular weight is 252 g/mol. The summed E-state index contributed by atoms with van der Waals surface area (Å²) in [6, 6.07) is 0. The zero-order chi connectivity index (χ0) is 13.1. The third kappa shape index (κ3) is 3.43. The van der Waals surface area contributed by atoms with Crippen molar-refractivity contribution in [3.63, 3.8) is 0 Å². The molecule has 0 fully saturated rings. The molecule has 0 aromatic carbocycles. The summed E-state index contributed by atoms with van der Waals surface area (Å²) in [7, 11) is 0. The number of hydrogen-bond donors (Lipinski definition) is 2. The Morgan fingerprint density at radius 3 is 2.76 bits per heavy atom. The number of aromatic amines is 1. The minimum absolute atomic E-state index is 0.0162. The predicted molar refractivity (Wildman–Crippen MR) is 48.0 cm³/mol. The van der Waals surface area contributed by atoms with Crippen LogP contribution in [0.1, 0.15) is 5.69 Å². The quantitative estimate of drug-likeness (QED) is 0.603. The van der Waals surface area contributed by atoms with Crippen molar-refractivity contribution in [1.29, 1.82) is 0 Å². The molecule has 2 N–H and O–H groups in total. The molecule has 0 saturated heterocycles. The topological polar surface area (TPSA) is 101 Å². The number of halogens is 3. The maximum atomic E-state index is 11.8. The fourth-order valence-corrected chi connectivity index (χ4v) is 1.05. The molecular formula is C7H7F3N4O3. The summed E-state index contributed by atoms with van der Waals surface area (Å²) in [5.41, 5.74) is -0.0162. The Bertz CT molecular complexity index is 428. The molecule has 0 atom stereocenters. The number of imidazole rings is 1. The normalized spacial score (nSPS) is 11.2. The van der Waals surface area contributed by atoms with Gasteiger partial charge in [0.15, 0.2) is 6.33 Å². The van der Waals surface area contributed by atoms with Crippen LogP contribution in [0.25, 0.3) is 0 Å². The van der Waals surface area contributed by atoms with Crippen LogP contribution in [0.4, 0.5) is 19.0 Å². The van der Waals surface area contributed by atoms with Gasteiger partial charge < -0.3 is 15.4 Å². The molecule has 7 nitrogen and oxygen atoms in total. The van der Waals surface area contributed by atoms with Crippen LogP contribution in [0.3, 0.4) is 0 Å². The lowest BCUT2D eigenvalue weighted by atomic mass is 10.3. The molecule has 0 aliphatic carbocycles. The molecule has 0 radical (unpaired) electrons. The molecule has 1 aromatic heterocycles. The molecule has 1 aromatic rings. The van der Waals surface area contributed by atoms with E-state index in [9.17, 15) is 28.1 Å². The number of hydrogen-bond acceptors (Lipinski definition) is 4. The monoisotopic (exact) mass is 252 g/mol. The number of nitro groups is 1. The lowest BCUT2D eigenvalue weighted by Crippen LogP contribution is -2.37. The van der Waals surface area contributed by atoms with Crippen molar-refractivity contribution in [3.05, 3.63) is 22.1 Å². The molecule has 10 heteroatoms. The molecular weight excluding hydrogens is 245 g/mol. The first kappa shape index (κ1) is 12.9. The first-order valence-corrected chi connectivity index (χ1v) is 4.34. The Kier molecular flexibility index (Phi) is 3.66. The molecule has 0 saturated carbocycles. The Balaban J connectivity index is 2.49. The summed E-state index contributed by atoms with van der Waals surface area (Å²) in [5, 5.41) is 12.0. The third-order valence-electron chi connectivity index (χ3n) is 1.78. The Morgan fingerprint density at radius 1 is 1.59 bits per heavy atom. The van der Waals surface area contributed by atoms with Crippen LogP contribution in [-0.4, -0.2) is 33.5 Å². The highest BCUT2D eigenvalue weighted by molar-refractivity contribution is 5.81. The van der Waals surface area contributed by atoms with E-state index in [1.165, 1.54) is 0 Å². The third-order valence-corrected chi connectivity index (χ3v) is 1.78. The zero-order valence-electron chi connectivity index (χ0n) is 8.24. The van der Waals surface area contributed by atoms with Crippen molar-refractivity contribution in [3.8, 4) is 0 Å². The molecule has 17 heavy (non-hydrogen) atoms. The molecule has 1 rings (SSSR count). The van der Waals surface area contributed by atoms with Crippen LogP contribution in [0.15, 0.2) is 6.33 Å².